The summed E-state index contributed by atoms with van der Waals surface area (Å²) in [5.41, 5.74) is 3.47. The molecule has 0 radical (unpaired) electrons. The van der Waals surface area contributed by atoms with Gasteiger partial charge in [0.05, 0.1) is 5.56 Å². The van der Waals surface area contributed by atoms with Crippen LogP contribution in [0.25, 0.3) is 0 Å². The first kappa shape index (κ1) is 21.4. The quantitative estimate of drug-likeness (QED) is 0.455. The van der Waals surface area contributed by atoms with Gasteiger partial charge in [-0.1, -0.05) is 54.6 Å². The first-order chi connectivity index (χ1) is 15.7. The van der Waals surface area contributed by atoms with E-state index in [2.05, 4.69) is 51.5 Å². The van der Waals surface area contributed by atoms with Crippen LogP contribution >= 0.6 is 0 Å². The molecule has 3 aromatic rings. The van der Waals surface area contributed by atoms with Gasteiger partial charge in [0.15, 0.2) is 5.96 Å². The molecule has 1 saturated heterocycles. The van der Waals surface area contributed by atoms with Gasteiger partial charge in [-0.15, -0.1) is 0 Å². The molecule has 1 fully saturated rings. The van der Waals surface area contributed by atoms with Crippen LogP contribution in [0.3, 0.4) is 0 Å². The van der Waals surface area contributed by atoms with Crippen molar-refractivity contribution in [1.29, 1.82) is 0 Å². The predicted molar refractivity (Wildman–Crippen MR) is 130 cm³/mol. The van der Waals surface area contributed by atoms with Crippen molar-refractivity contribution >= 4 is 23.3 Å². The summed E-state index contributed by atoms with van der Waals surface area (Å²) in [4.78, 5) is 20.9. The number of rotatable bonds is 6. The number of guanidine groups is 1. The Balaban J connectivity index is 1.47. The van der Waals surface area contributed by atoms with Crippen molar-refractivity contribution in [2.75, 3.05) is 42.9 Å². The highest BCUT2D eigenvalue weighted by molar-refractivity contribution is 5.96. The minimum absolute atomic E-state index is 0.257. The van der Waals surface area contributed by atoms with E-state index in [4.69, 9.17) is 4.99 Å². The fraction of sp³-hybridized carbons (Fsp3) is 0.231. The molecule has 0 aromatic heterocycles. The minimum atomic E-state index is -0.937. The normalized spacial score (nSPS) is 14.3. The summed E-state index contributed by atoms with van der Waals surface area (Å²) in [6, 6.07) is 27.6. The topological polar surface area (TPSA) is 68.2 Å². The van der Waals surface area contributed by atoms with E-state index in [1.807, 2.05) is 30.3 Å². The van der Waals surface area contributed by atoms with Gasteiger partial charge in [-0.05, 0) is 42.3 Å². The lowest BCUT2D eigenvalue weighted by Crippen LogP contribution is -2.50. The number of aliphatic imine (C=N–C) groups is 1. The maximum Gasteiger partial charge on any atom is 0.335 e. The van der Waals surface area contributed by atoms with Crippen molar-refractivity contribution in [3.8, 4) is 0 Å². The Morgan fingerprint density at radius 3 is 2.25 bits per heavy atom. The average Bonchev–Trinajstić information content (AvgIpc) is 2.85. The molecule has 0 amide bonds. The summed E-state index contributed by atoms with van der Waals surface area (Å²) in [5.74, 6) is -0.149. The average molecular weight is 429 g/mol. The Hall–Kier alpha value is -3.80. The molecule has 0 spiro atoms. The molecule has 32 heavy (non-hydrogen) atoms. The van der Waals surface area contributed by atoms with E-state index in [1.165, 1.54) is 11.3 Å². The lowest BCUT2D eigenvalue weighted by Gasteiger charge is -2.37. The highest BCUT2D eigenvalue weighted by atomic mass is 16.4. The van der Waals surface area contributed by atoms with Crippen molar-refractivity contribution in [3.05, 3.63) is 96.1 Å². The van der Waals surface area contributed by atoms with Crippen molar-refractivity contribution < 1.29 is 9.90 Å². The molecule has 2 N–H and O–H groups in total. The highest BCUT2D eigenvalue weighted by Gasteiger charge is 2.20. The van der Waals surface area contributed by atoms with Gasteiger partial charge < -0.3 is 20.2 Å². The van der Waals surface area contributed by atoms with Gasteiger partial charge in [0.25, 0.3) is 0 Å². The number of piperazine rings is 1. The summed E-state index contributed by atoms with van der Waals surface area (Å²) in [7, 11) is 0. The molecule has 0 atom stereocenters. The SMILES string of the molecule is O=C(O)c1cccc(NC(=NCCc2ccccc2)N2CCN(c3ccccc3)CC2)c1. The second-order valence-electron chi connectivity index (χ2n) is 7.76. The van der Waals surface area contributed by atoms with Gasteiger partial charge in [0.2, 0.25) is 0 Å². The number of nitrogens with zero attached hydrogens (tertiary/aromatic N) is 3. The van der Waals surface area contributed by atoms with Gasteiger partial charge in [0, 0.05) is 44.1 Å². The molecule has 0 unspecified atom stereocenters. The second kappa shape index (κ2) is 10.5. The molecule has 6 nitrogen and oxygen atoms in total. The van der Waals surface area contributed by atoms with Crippen LogP contribution in [0.1, 0.15) is 15.9 Å². The number of carbonyl (C=O) groups is 1. The number of hydrogen-bond donors (Lipinski definition) is 2. The van der Waals surface area contributed by atoms with Crippen molar-refractivity contribution in [2.24, 2.45) is 4.99 Å². The van der Waals surface area contributed by atoms with E-state index < -0.39 is 5.97 Å². The lowest BCUT2D eigenvalue weighted by molar-refractivity contribution is 0.0697. The molecule has 1 aliphatic heterocycles. The fourth-order valence-corrected chi connectivity index (χ4v) is 3.83. The number of para-hydroxylation sites is 1. The van der Waals surface area contributed by atoms with E-state index in [-0.39, 0.29) is 5.56 Å². The minimum Gasteiger partial charge on any atom is -0.478 e. The molecule has 1 aliphatic rings. The van der Waals surface area contributed by atoms with Crippen LogP contribution in [0.5, 0.6) is 0 Å². The van der Waals surface area contributed by atoms with Gasteiger partial charge in [-0.2, -0.15) is 0 Å². The lowest BCUT2D eigenvalue weighted by atomic mass is 10.1. The molecular weight excluding hydrogens is 400 g/mol. The van der Waals surface area contributed by atoms with Gasteiger partial charge >= 0.3 is 5.97 Å². The number of anilines is 2. The summed E-state index contributed by atoms with van der Waals surface area (Å²) in [6.45, 7) is 4.14. The zero-order chi connectivity index (χ0) is 22.2. The van der Waals surface area contributed by atoms with Crippen molar-refractivity contribution in [3.63, 3.8) is 0 Å². The van der Waals surface area contributed by atoms with E-state index in [0.717, 1.165) is 44.2 Å². The molecule has 6 heteroatoms. The zero-order valence-electron chi connectivity index (χ0n) is 18.0. The summed E-state index contributed by atoms with van der Waals surface area (Å²) in [5, 5.41) is 12.7. The van der Waals surface area contributed by atoms with Crippen LogP contribution in [-0.2, 0) is 6.42 Å². The van der Waals surface area contributed by atoms with Gasteiger partial charge in [-0.3, -0.25) is 4.99 Å². The molecule has 3 aromatic carbocycles. The van der Waals surface area contributed by atoms with E-state index in [1.54, 1.807) is 18.2 Å². The largest absolute Gasteiger partial charge is 0.478 e. The summed E-state index contributed by atoms with van der Waals surface area (Å²) >= 11 is 0. The molecule has 164 valence electrons. The number of nitrogens with one attached hydrogen (secondary N) is 1. The standard InChI is InChI=1S/C26H28N4O2/c31-25(32)22-10-7-11-23(20-22)28-26(27-15-14-21-8-3-1-4-9-21)30-18-16-29(17-19-30)24-12-5-2-6-13-24/h1-13,20H,14-19H2,(H,27,28)(H,31,32). The Labute approximate surface area is 188 Å². The van der Waals surface area contributed by atoms with Crippen LogP contribution in [0.15, 0.2) is 89.9 Å². The maximum atomic E-state index is 11.4. The third-order valence-electron chi connectivity index (χ3n) is 5.57. The number of aromatic carboxylic acids is 1. The fourth-order valence-electron chi connectivity index (χ4n) is 3.83. The van der Waals surface area contributed by atoms with Gasteiger partial charge in [-0.25, -0.2) is 4.79 Å². The first-order valence-electron chi connectivity index (χ1n) is 10.9. The van der Waals surface area contributed by atoms with Crippen molar-refractivity contribution in [1.82, 2.24) is 4.90 Å². The molecule has 0 saturated carbocycles. The monoisotopic (exact) mass is 428 g/mol. The molecule has 0 bridgehead atoms. The third-order valence-corrected chi connectivity index (χ3v) is 5.57. The number of benzene rings is 3. The van der Waals surface area contributed by atoms with E-state index in [9.17, 15) is 9.90 Å². The third kappa shape index (κ3) is 5.66. The van der Waals surface area contributed by atoms with Crippen LogP contribution in [-0.4, -0.2) is 54.7 Å². The summed E-state index contributed by atoms with van der Waals surface area (Å²) < 4.78 is 0. The Morgan fingerprint density at radius 1 is 0.875 bits per heavy atom. The highest BCUT2D eigenvalue weighted by Crippen LogP contribution is 2.17. The van der Waals surface area contributed by atoms with Crippen LogP contribution in [0, 0.1) is 0 Å². The van der Waals surface area contributed by atoms with E-state index in [0.29, 0.717) is 6.54 Å². The predicted octanol–water partition coefficient (Wildman–Crippen LogP) is 4.22. The Kier molecular flexibility index (Phi) is 7.02. The van der Waals surface area contributed by atoms with Gasteiger partial charge in [0.1, 0.15) is 0 Å². The number of carboxylic acid groups (broad SMARTS) is 1. The van der Waals surface area contributed by atoms with Crippen LogP contribution in [0.4, 0.5) is 11.4 Å². The summed E-state index contributed by atoms with van der Waals surface area (Å²) in [6.07, 6.45) is 0.852. The smallest absolute Gasteiger partial charge is 0.335 e. The second-order valence-corrected chi connectivity index (χ2v) is 7.76. The number of carboxylic acids is 1. The maximum absolute atomic E-state index is 11.4. The molecular formula is C26H28N4O2. The van der Waals surface area contributed by atoms with E-state index >= 15 is 0 Å². The van der Waals surface area contributed by atoms with Crippen LogP contribution < -0.4 is 10.2 Å². The molecule has 1 heterocycles. The Morgan fingerprint density at radius 2 is 1.56 bits per heavy atom. The first-order valence-corrected chi connectivity index (χ1v) is 10.9. The van der Waals surface area contributed by atoms with Crippen LogP contribution in [0.2, 0.25) is 0 Å². The molecule has 0 aliphatic carbocycles. The van der Waals surface area contributed by atoms with Crippen molar-refractivity contribution in [2.45, 2.75) is 6.42 Å². The number of hydrogen-bond acceptors (Lipinski definition) is 3. The molecule has 4 rings (SSSR count). The Bertz CT molecular complexity index is 1050. The zero-order valence-corrected chi connectivity index (χ0v) is 18.0.